The van der Waals surface area contributed by atoms with Gasteiger partial charge >= 0.3 is 5.69 Å². The first kappa shape index (κ1) is 39.2. The number of carbonyl (C=O) groups is 1. The minimum atomic E-state index is -3.57. The van der Waals surface area contributed by atoms with Gasteiger partial charge in [-0.2, -0.15) is 0 Å². The Balaban J connectivity index is 1.47. The van der Waals surface area contributed by atoms with Crippen molar-refractivity contribution in [2.45, 2.75) is 96.6 Å². The van der Waals surface area contributed by atoms with Gasteiger partial charge < -0.3 is 14.3 Å². The zero-order valence-electron chi connectivity index (χ0n) is 31.4. The predicted octanol–water partition coefficient (Wildman–Crippen LogP) is 7.02. The fraction of sp³-hybridized carbons (Fsp3) is 0.405. The number of nitrogens with zero attached hydrogens (tertiary/aromatic N) is 2. The van der Waals surface area contributed by atoms with Crippen LogP contribution in [0.1, 0.15) is 76.7 Å². The fourth-order valence-corrected chi connectivity index (χ4v) is 13.1. The van der Waals surface area contributed by atoms with Crippen LogP contribution in [0.5, 0.6) is 0 Å². The van der Waals surface area contributed by atoms with Crippen LogP contribution in [0.15, 0.2) is 98.3 Å². The van der Waals surface area contributed by atoms with Crippen molar-refractivity contribution in [3.05, 3.63) is 126 Å². The molecule has 1 aliphatic rings. The Labute approximate surface area is 324 Å². The number of ether oxygens (including phenoxy) is 2. The summed E-state index contributed by atoms with van der Waals surface area (Å²) in [5.74, 6) is -0.316. The van der Waals surface area contributed by atoms with Crippen molar-refractivity contribution in [2.24, 2.45) is 0 Å². The Morgan fingerprint density at radius 3 is 2.11 bits per heavy atom. The molecular weight excluding hydrogens is 769 g/mol. The zero-order valence-corrected chi connectivity index (χ0v) is 34.8. The largest absolute Gasteiger partial charge is 0.424 e. The summed E-state index contributed by atoms with van der Waals surface area (Å²) in [5, 5.41) is 1.04. The number of hydrogen-bond acceptors (Lipinski definition) is 7. The SMILES string of the molecule is CCc1ccccc1[C@H](Cn1c(=O)n(C(C)(C)C(=O)CC(C)(C)[Si](O)(c2ccccc2)c2ccccc2)c(=O)c2c(C)c(Br)sc21)OC1CCOCC1. The van der Waals surface area contributed by atoms with Crippen molar-refractivity contribution in [1.29, 1.82) is 0 Å². The van der Waals surface area contributed by atoms with Crippen molar-refractivity contribution in [1.82, 2.24) is 9.13 Å². The van der Waals surface area contributed by atoms with Gasteiger partial charge in [0.15, 0.2) is 5.78 Å². The van der Waals surface area contributed by atoms with Gasteiger partial charge in [-0.05, 0) is 88.1 Å². The summed E-state index contributed by atoms with van der Waals surface area (Å²) >= 11 is 4.99. The molecule has 1 N–H and O–H groups in total. The van der Waals surface area contributed by atoms with Crippen molar-refractivity contribution in [3.8, 4) is 0 Å². The summed E-state index contributed by atoms with van der Waals surface area (Å²) in [6, 6.07) is 27.2. The van der Waals surface area contributed by atoms with Crippen molar-refractivity contribution >= 4 is 62.0 Å². The van der Waals surface area contributed by atoms with Crippen LogP contribution in [-0.4, -0.2) is 47.3 Å². The highest BCUT2D eigenvalue weighted by Gasteiger charge is 2.52. The number of fused-ring (bicyclic) bond motifs is 1. The van der Waals surface area contributed by atoms with E-state index >= 15 is 0 Å². The zero-order chi connectivity index (χ0) is 38.1. The highest BCUT2D eigenvalue weighted by atomic mass is 79.9. The number of Topliss-reactive ketones (excluding diaryl/α,β-unsaturated/α-hetero) is 1. The van der Waals surface area contributed by atoms with E-state index in [0.29, 0.717) is 29.0 Å². The highest BCUT2D eigenvalue weighted by molar-refractivity contribution is 9.11. The monoisotopic (exact) mass is 816 g/mol. The van der Waals surface area contributed by atoms with E-state index in [9.17, 15) is 19.2 Å². The van der Waals surface area contributed by atoms with Crippen molar-refractivity contribution < 1.29 is 19.1 Å². The molecule has 8 nitrogen and oxygen atoms in total. The summed E-state index contributed by atoms with van der Waals surface area (Å²) in [4.78, 5) is 57.6. The summed E-state index contributed by atoms with van der Waals surface area (Å²) < 4.78 is 16.0. The van der Waals surface area contributed by atoms with Gasteiger partial charge in [0.2, 0.25) is 0 Å². The number of halogens is 1. The average Bonchev–Trinajstić information content (AvgIpc) is 3.46. The molecular formula is C42H49BrN2O6SSi. The van der Waals surface area contributed by atoms with Gasteiger partial charge in [0, 0.05) is 19.6 Å². The Morgan fingerprint density at radius 2 is 1.53 bits per heavy atom. The number of carbonyl (C=O) groups excluding carboxylic acids is 1. The molecule has 0 saturated carbocycles. The molecule has 0 amide bonds. The first-order chi connectivity index (χ1) is 25.2. The molecule has 53 heavy (non-hydrogen) atoms. The van der Waals surface area contributed by atoms with Gasteiger partial charge in [0.05, 0.1) is 21.8 Å². The molecule has 0 unspecified atom stereocenters. The van der Waals surface area contributed by atoms with Gasteiger partial charge in [-0.15, -0.1) is 11.3 Å². The molecule has 280 valence electrons. The lowest BCUT2D eigenvalue weighted by Gasteiger charge is -2.42. The van der Waals surface area contributed by atoms with Crippen LogP contribution in [0.25, 0.3) is 10.2 Å². The highest BCUT2D eigenvalue weighted by Crippen LogP contribution is 2.41. The quantitative estimate of drug-likeness (QED) is 0.128. The van der Waals surface area contributed by atoms with Gasteiger partial charge in [-0.1, -0.05) is 106 Å². The van der Waals surface area contributed by atoms with E-state index in [-0.39, 0.29) is 24.9 Å². The summed E-state index contributed by atoms with van der Waals surface area (Å²) in [5.41, 5.74) is 0.203. The maximum absolute atomic E-state index is 14.9. The van der Waals surface area contributed by atoms with Crippen LogP contribution in [0.2, 0.25) is 5.04 Å². The van der Waals surface area contributed by atoms with Crippen LogP contribution in [0.3, 0.4) is 0 Å². The van der Waals surface area contributed by atoms with E-state index in [1.807, 2.05) is 93.6 Å². The number of aryl methyl sites for hydroxylation is 2. The minimum absolute atomic E-state index is 0.0510. The number of aromatic nitrogens is 2. The molecule has 1 atom stereocenters. The lowest BCUT2D eigenvalue weighted by Crippen LogP contribution is -2.66. The first-order valence-electron chi connectivity index (χ1n) is 18.3. The van der Waals surface area contributed by atoms with Gasteiger partial charge in [0.1, 0.15) is 16.5 Å². The molecule has 1 saturated heterocycles. The Hall–Kier alpha value is -3.45. The van der Waals surface area contributed by atoms with Gasteiger partial charge in [0.25, 0.3) is 13.9 Å². The molecule has 2 aromatic heterocycles. The second-order valence-corrected chi connectivity index (χ2v) is 21.4. The van der Waals surface area contributed by atoms with Crippen molar-refractivity contribution in [2.75, 3.05) is 13.2 Å². The van der Waals surface area contributed by atoms with E-state index in [1.54, 1.807) is 18.4 Å². The minimum Gasteiger partial charge on any atom is -0.424 e. The van der Waals surface area contributed by atoms with E-state index in [0.717, 1.165) is 49.1 Å². The van der Waals surface area contributed by atoms with E-state index in [1.165, 1.54) is 11.3 Å². The molecule has 5 aromatic rings. The average molecular weight is 818 g/mol. The van der Waals surface area contributed by atoms with Crippen molar-refractivity contribution in [3.63, 3.8) is 0 Å². The Bertz CT molecular complexity index is 2170. The van der Waals surface area contributed by atoms with Crippen LogP contribution >= 0.6 is 27.3 Å². The topological polar surface area (TPSA) is 99.8 Å². The maximum Gasteiger partial charge on any atom is 0.333 e. The predicted molar refractivity (Wildman–Crippen MR) is 219 cm³/mol. The third-order valence-corrected chi connectivity index (χ3v) is 17.7. The number of hydrogen-bond donors (Lipinski definition) is 1. The van der Waals surface area contributed by atoms with E-state index in [2.05, 4.69) is 35.0 Å². The first-order valence-corrected chi connectivity index (χ1v) is 21.9. The molecule has 1 fully saturated rings. The van der Waals surface area contributed by atoms with E-state index < -0.39 is 36.2 Å². The molecule has 3 heterocycles. The lowest BCUT2D eigenvalue weighted by molar-refractivity contribution is -0.127. The third kappa shape index (κ3) is 7.36. The molecule has 1 aliphatic heterocycles. The van der Waals surface area contributed by atoms with Crippen LogP contribution in [-0.2, 0) is 32.8 Å². The summed E-state index contributed by atoms with van der Waals surface area (Å²) in [7, 11) is -3.57. The Morgan fingerprint density at radius 1 is 0.962 bits per heavy atom. The molecule has 0 aliphatic carbocycles. The number of thiophene rings is 1. The number of ketones is 1. The standard InChI is InChI=1S/C42H49BrN2O6SSi/c1-7-29-16-14-15-21-33(29)34(51-30-22-24-50-25-23-30)27-44-39-36(28(2)37(43)52-39)38(47)45(40(44)48)42(5,6)35(46)26-41(3,4)53(49,31-17-10-8-11-18-31)32-19-12-9-13-20-32/h8-21,30,34,49H,7,22-27H2,1-6H3/t34-/m0/s1. The van der Waals surface area contributed by atoms with Gasteiger partial charge in [-0.25, -0.2) is 9.36 Å². The van der Waals surface area contributed by atoms with Gasteiger partial charge in [-0.3, -0.25) is 14.2 Å². The van der Waals surface area contributed by atoms with Crippen LogP contribution in [0, 0.1) is 6.92 Å². The molecule has 6 rings (SSSR count). The second-order valence-electron chi connectivity index (χ2n) is 15.2. The molecule has 0 spiro atoms. The Kier molecular flexibility index (Phi) is 11.6. The van der Waals surface area contributed by atoms with Crippen LogP contribution < -0.4 is 21.6 Å². The summed E-state index contributed by atoms with van der Waals surface area (Å²) in [6.07, 6.45) is 1.68. The maximum atomic E-state index is 14.9. The second kappa shape index (κ2) is 15.7. The van der Waals surface area contributed by atoms with Crippen LogP contribution in [0.4, 0.5) is 0 Å². The molecule has 3 aromatic carbocycles. The lowest BCUT2D eigenvalue weighted by atomic mass is 9.91. The third-order valence-electron chi connectivity index (χ3n) is 11.0. The molecule has 11 heteroatoms. The summed E-state index contributed by atoms with van der Waals surface area (Å²) in [6.45, 7) is 12.5. The van der Waals surface area contributed by atoms with E-state index in [4.69, 9.17) is 9.47 Å². The number of rotatable bonds is 13. The normalized spacial score (nSPS) is 15.2. The smallest absolute Gasteiger partial charge is 0.333 e. The molecule has 0 bridgehead atoms. The number of benzene rings is 3. The fourth-order valence-electron chi connectivity index (χ4n) is 7.75. The molecule has 0 radical (unpaired) electrons.